The highest BCUT2D eigenvalue weighted by molar-refractivity contribution is 4.91. The van der Waals surface area contributed by atoms with Gasteiger partial charge in [-0.15, -0.1) is 0 Å². The van der Waals surface area contributed by atoms with Crippen LogP contribution in [0, 0.1) is 11.3 Å². The maximum atomic E-state index is 3.49. The lowest BCUT2D eigenvalue weighted by molar-refractivity contribution is 0.0497. The largest absolute Gasteiger partial charge is 0.319 e. The van der Waals surface area contributed by atoms with Crippen LogP contribution in [-0.2, 0) is 0 Å². The van der Waals surface area contributed by atoms with Crippen LogP contribution in [0.3, 0.4) is 0 Å². The highest BCUT2D eigenvalue weighted by Crippen LogP contribution is 2.40. The second-order valence-electron chi connectivity index (χ2n) is 7.73. The normalized spacial score (nSPS) is 36.5. The van der Waals surface area contributed by atoms with Crippen LogP contribution >= 0.6 is 0 Å². The van der Waals surface area contributed by atoms with E-state index in [0.29, 0.717) is 5.41 Å². The summed E-state index contributed by atoms with van der Waals surface area (Å²) in [5.41, 5.74) is 0.528. The molecule has 0 amide bonds. The molecule has 3 atom stereocenters. The van der Waals surface area contributed by atoms with Crippen molar-refractivity contribution in [2.75, 3.05) is 47.3 Å². The second-order valence-corrected chi connectivity index (χ2v) is 7.73. The first kappa shape index (κ1) is 16.3. The van der Waals surface area contributed by atoms with Crippen LogP contribution in [0.5, 0.6) is 0 Å². The van der Waals surface area contributed by atoms with E-state index in [2.05, 4.69) is 43.2 Å². The van der Waals surface area contributed by atoms with Crippen molar-refractivity contribution in [3.63, 3.8) is 0 Å². The molecular formula is C17H35N3. The van der Waals surface area contributed by atoms with Gasteiger partial charge in [0, 0.05) is 25.7 Å². The van der Waals surface area contributed by atoms with E-state index < -0.39 is 0 Å². The maximum absolute atomic E-state index is 3.49. The predicted octanol–water partition coefficient (Wildman–Crippen LogP) is 2.43. The molecule has 3 heteroatoms. The average Bonchev–Trinajstić information content (AvgIpc) is 2.39. The average molecular weight is 281 g/mol. The van der Waals surface area contributed by atoms with Crippen molar-refractivity contribution < 1.29 is 0 Å². The number of hydrogen-bond donors (Lipinski definition) is 1. The van der Waals surface area contributed by atoms with Crippen LogP contribution in [0.4, 0.5) is 0 Å². The summed E-state index contributed by atoms with van der Waals surface area (Å²) in [6, 6.07) is 0.761. The van der Waals surface area contributed by atoms with Crippen molar-refractivity contribution in [2.45, 2.75) is 51.5 Å². The Morgan fingerprint density at radius 2 is 2.05 bits per heavy atom. The Morgan fingerprint density at radius 3 is 2.70 bits per heavy atom. The predicted molar refractivity (Wildman–Crippen MR) is 87.1 cm³/mol. The molecule has 1 heterocycles. The SMILES string of the molecule is CNCC1(CN2CCCC(N(C)C)C2)CCCC(C)C1. The number of nitrogens with one attached hydrogen (secondary N) is 1. The molecule has 0 spiro atoms. The van der Waals surface area contributed by atoms with Crippen LogP contribution < -0.4 is 5.32 Å². The molecule has 2 fully saturated rings. The first-order chi connectivity index (χ1) is 9.54. The third-order valence-corrected chi connectivity index (χ3v) is 5.51. The first-order valence-corrected chi connectivity index (χ1v) is 8.58. The van der Waals surface area contributed by atoms with Gasteiger partial charge in [-0.3, -0.25) is 0 Å². The fourth-order valence-electron chi connectivity index (χ4n) is 4.57. The van der Waals surface area contributed by atoms with E-state index in [9.17, 15) is 0 Å². The quantitative estimate of drug-likeness (QED) is 0.835. The molecule has 20 heavy (non-hydrogen) atoms. The molecule has 2 aliphatic rings. The van der Waals surface area contributed by atoms with E-state index in [1.54, 1.807) is 0 Å². The fourth-order valence-corrected chi connectivity index (χ4v) is 4.57. The monoisotopic (exact) mass is 281 g/mol. The number of nitrogens with zero attached hydrogens (tertiary/aromatic N) is 2. The minimum Gasteiger partial charge on any atom is -0.319 e. The lowest BCUT2D eigenvalue weighted by Crippen LogP contribution is -2.51. The Morgan fingerprint density at radius 1 is 1.25 bits per heavy atom. The van der Waals surface area contributed by atoms with Crippen LogP contribution in [0.25, 0.3) is 0 Å². The molecule has 118 valence electrons. The lowest BCUT2D eigenvalue weighted by Gasteiger charge is -2.46. The smallest absolute Gasteiger partial charge is 0.0217 e. The Bertz CT molecular complexity index is 288. The zero-order chi connectivity index (χ0) is 14.6. The van der Waals surface area contributed by atoms with Crippen molar-refractivity contribution in [3.8, 4) is 0 Å². The van der Waals surface area contributed by atoms with Gasteiger partial charge in [0.05, 0.1) is 0 Å². The molecule has 1 aliphatic carbocycles. The minimum atomic E-state index is 0.528. The molecule has 1 saturated heterocycles. The zero-order valence-corrected chi connectivity index (χ0v) is 14.1. The topological polar surface area (TPSA) is 18.5 Å². The van der Waals surface area contributed by atoms with Crippen LogP contribution in [-0.4, -0.2) is 63.2 Å². The summed E-state index contributed by atoms with van der Waals surface area (Å²) >= 11 is 0. The Kier molecular flexibility index (Phi) is 5.88. The first-order valence-electron chi connectivity index (χ1n) is 8.58. The van der Waals surface area contributed by atoms with Crippen LogP contribution in [0.15, 0.2) is 0 Å². The molecule has 1 aliphatic heterocycles. The number of rotatable bonds is 5. The van der Waals surface area contributed by atoms with E-state index in [-0.39, 0.29) is 0 Å². The second kappa shape index (κ2) is 7.24. The standard InChI is InChI=1S/C17H35N3/c1-15-7-5-9-17(11-15,13-18-2)14-20-10-6-8-16(12-20)19(3)4/h15-16,18H,5-14H2,1-4H3. The van der Waals surface area contributed by atoms with Crippen molar-refractivity contribution in [1.29, 1.82) is 0 Å². The fraction of sp³-hybridized carbons (Fsp3) is 1.00. The maximum Gasteiger partial charge on any atom is 0.0217 e. The molecule has 0 aromatic heterocycles. The van der Waals surface area contributed by atoms with Crippen molar-refractivity contribution in [3.05, 3.63) is 0 Å². The molecule has 3 unspecified atom stereocenters. The molecule has 3 nitrogen and oxygen atoms in total. The Hall–Kier alpha value is -0.120. The zero-order valence-electron chi connectivity index (χ0n) is 14.1. The Labute approximate surface area is 126 Å². The van der Waals surface area contributed by atoms with E-state index in [1.165, 1.54) is 64.7 Å². The molecule has 0 aromatic carbocycles. The van der Waals surface area contributed by atoms with Crippen LogP contribution in [0.2, 0.25) is 0 Å². The summed E-state index contributed by atoms with van der Waals surface area (Å²) in [6.45, 7) is 7.53. The molecule has 0 aromatic rings. The molecule has 1 N–H and O–H groups in total. The van der Waals surface area contributed by atoms with Crippen molar-refractivity contribution >= 4 is 0 Å². The third kappa shape index (κ3) is 4.19. The number of hydrogen-bond acceptors (Lipinski definition) is 3. The van der Waals surface area contributed by atoms with Gasteiger partial charge < -0.3 is 15.1 Å². The van der Waals surface area contributed by atoms with Gasteiger partial charge in [0.15, 0.2) is 0 Å². The molecule has 0 radical (unpaired) electrons. The third-order valence-electron chi connectivity index (χ3n) is 5.51. The summed E-state index contributed by atoms with van der Waals surface area (Å²) in [6.07, 6.45) is 8.44. The van der Waals surface area contributed by atoms with Gasteiger partial charge in [0.1, 0.15) is 0 Å². The van der Waals surface area contributed by atoms with Crippen molar-refractivity contribution in [2.24, 2.45) is 11.3 Å². The molecule has 1 saturated carbocycles. The van der Waals surface area contributed by atoms with Gasteiger partial charge in [0.25, 0.3) is 0 Å². The van der Waals surface area contributed by atoms with Gasteiger partial charge >= 0.3 is 0 Å². The van der Waals surface area contributed by atoms with Gasteiger partial charge in [-0.05, 0) is 64.7 Å². The molecular weight excluding hydrogens is 246 g/mol. The van der Waals surface area contributed by atoms with Crippen LogP contribution in [0.1, 0.15) is 45.4 Å². The summed E-state index contributed by atoms with van der Waals surface area (Å²) in [4.78, 5) is 5.17. The van der Waals surface area contributed by atoms with Gasteiger partial charge in [-0.25, -0.2) is 0 Å². The molecule has 2 rings (SSSR count). The van der Waals surface area contributed by atoms with Gasteiger partial charge in [-0.2, -0.15) is 0 Å². The van der Waals surface area contributed by atoms with Gasteiger partial charge in [-0.1, -0.05) is 19.8 Å². The lowest BCUT2D eigenvalue weighted by atomic mass is 9.69. The number of likely N-dealkylation sites (N-methyl/N-ethyl adjacent to an activating group) is 1. The van der Waals surface area contributed by atoms with E-state index >= 15 is 0 Å². The van der Waals surface area contributed by atoms with Gasteiger partial charge in [0.2, 0.25) is 0 Å². The molecule has 0 bridgehead atoms. The van der Waals surface area contributed by atoms with Crippen molar-refractivity contribution in [1.82, 2.24) is 15.1 Å². The summed E-state index contributed by atoms with van der Waals surface area (Å²) in [5.74, 6) is 0.909. The number of piperidine rings is 1. The number of likely N-dealkylation sites (tertiary alicyclic amines) is 1. The highest BCUT2D eigenvalue weighted by Gasteiger charge is 2.37. The summed E-state index contributed by atoms with van der Waals surface area (Å²) < 4.78 is 0. The minimum absolute atomic E-state index is 0.528. The van der Waals surface area contributed by atoms with E-state index in [4.69, 9.17) is 0 Å². The Balaban J connectivity index is 1.96. The summed E-state index contributed by atoms with van der Waals surface area (Å²) in [7, 11) is 6.60. The summed E-state index contributed by atoms with van der Waals surface area (Å²) in [5, 5.41) is 3.49. The highest BCUT2D eigenvalue weighted by atomic mass is 15.2. The van der Waals surface area contributed by atoms with E-state index in [1.807, 2.05) is 0 Å². The van der Waals surface area contributed by atoms with E-state index in [0.717, 1.165) is 12.0 Å².